The molecule has 0 saturated carbocycles. The number of nitrogens with two attached hydrogens (primary N) is 3. The highest BCUT2D eigenvalue weighted by atomic mass is 32.2. The van der Waals surface area contributed by atoms with Crippen LogP contribution in [0.25, 0.3) is 11.2 Å². The number of nitrogens with zero attached hydrogens (tertiary/aromatic N) is 5. The van der Waals surface area contributed by atoms with Crippen molar-refractivity contribution in [3.05, 3.63) is 12.7 Å². The van der Waals surface area contributed by atoms with Crippen LogP contribution < -0.4 is 17.2 Å². The maximum atomic E-state index is 6.10. The van der Waals surface area contributed by atoms with E-state index in [4.69, 9.17) is 21.9 Å². The average Bonchev–Trinajstić information content (AvgIpc) is 3.13. The SMILES string of the molecule is NC(N)=NCCSC[C@@H]1CC[C@H](n2cnc3c(N)ncnc32)O1. The van der Waals surface area contributed by atoms with Gasteiger partial charge < -0.3 is 21.9 Å². The predicted molar refractivity (Wildman–Crippen MR) is 90.9 cm³/mol. The van der Waals surface area contributed by atoms with Crippen molar-refractivity contribution in [2.24, 2.45) is 16.5 Å². The van der Waals surface area contributed by atoms with Crippen molar-refractivity contribution in [2.45, 2.75) is 25.2 Å². The van der Waals surface area contributed by atoms with Gasteiger partial charge in [-0.3, -0.25) is 9.56 Å². The molecule has 1 aliphatic rings. The van der Waals surface area contributed by atoms with E-state index < -0.39 is 0 Å². The van der Waals surface area contributed by atoms with Gasteiger partial charge in [0.05, 0.1) is 19.0 Å². The Morgan fingerprint density at radius 1 is 1.35 bits per heavy atom. The Labute approximate surface area is 137 Å². The number of imidazole rings is 1. The van der Waals surface area contributed by atoms with Gasteiger partial charge in [-0.25, -0.2) is 15.0 Å². The fourth-order valence-corrected chi connectivity index (χ4v) is 3.44. The van der Waals surface area contributed by atoms with Gasteiger partial charge in [-0.15, -0.1) is 0 Å². The summed E-state index contributed by atoms with van der Waals surface area (Å²) in [6, 6.07) is 0. The Morgan fingerprint density at radius 3 is 3.04 bits per heavy atom. The van der Waals surface area contributed by atoms with Crippen molar-refractivity contribution in [1.29, 1.82) is 0 Å². The molecule has 1 fully saturated rings. The first-order valence-corrected chi connectivity index (χ1v) is 8.52. The van der Waals surface area contributed by atoms with E-state index in [2.05, 4.69) is 19.9 Å². The van der Waals surface area contributed by atoms with Crippen LogP contribution in [0.3, 0.4) is 0 Å². The lowest BCUT2D eigenvalue weighted by molar-refractivity contribution is 0.0153. The molecule has 0 radical (unpaired) electrons. The average molecular weight is 336 g/mol. The van der Waals surface area contributed by atoms with Crippen molar-refractivity contribution in [3.8, 4) is 0 Å². The first-order valence-electron chi connectivity index (χ1n) is 7.36. The molecule has 0 aromatic carbocycles. The van der Waals surface area contributed by atoms with E-state index in [9.17, 15) is 0 Å². The van der Waals surface area contributed by atoms with Crippen LogP contribution in [0.4, 0.5) is 5.82 Å². The standard InChI is InChI=1S/C13H20N8OS/c14-11-10-12(19-6-18-11)21(7-20-10)9-2-1-8(22-9)5-23-4-3-17-13(15)16/h6-9H,1-5H2,(H2,14,18,19)(H4,15,16,17)/t8-,9+/m0/s1. The van der Waals surface area contributed by atoms with Gasteiger partial charge in [0.2, 0.25) is 0 Å². The first-order chi connectivity index (χ1) is 11.1. The molecular weight excluding hydrogens is 316 g/mol. The van der Waals surface area contributed by atoms with Gasteiger partial charge in [-0.2, -0.15) is 11.8 Å². The fraction of sp³-hybridized carbons (Fsp3) is 0.538. The van der Waals surface area contributed by atoms with Crippen molar-refractivity contribution < 1.29 is 4.74 Å². The molecule has 0 spiro atoms. The molecule has 10 heteroatoms. The van der Waals surface area contributed by atoms with Gasteiger partial charge in [-0.1, -0.05) is 0 Å². The first kappa shape index (κ1) is 15.8. The van der Waals surface area contributed by atoms with Crippen LogP contribution >= 0.6 is 11.8 Å². The zero-order chi connectivity index (χ0) is 16.2. The van der Waals surface area contributed by atoms with Crippen molar-refractivity contribution in [2.75, 3.05) is 23.8 Å². The van der Waals surface area contributed by atoms with Gasteiger partial charge >= 0.3 is 0 Å². The van der Waals surface area contributed by atoms with Gasteiger partial charge in [0, 0.05) is 11.5 Å². The monoisotopic (exact) mass is 336 g/mol. The lowest BCUT2D eigenvalue weighted by atomic mass is 10.2. The van der Waals surface area contributed by atoms with Crippen LogP contribution in [-0.4, -0.2) is 49.6 Å². The minimum absolute atomic E-state index is 0.0578. The number of aliphatic imine (C=N–C) groups is 1. The minimum atomic E-state index is -0.0578. The summed E-state index contributed by atoms with van der Waals surface area (Å²) in [6.07, 6.45) is 5.24. The molecule has 0 aliphatic carbocycles. The summed E-state index contributed by atoms with van der Waals surface area (Å²) in [5.74, 6) is 2.31. The Balaban J connectivity index is 1.55. The van der Waals surface area contributed by atoms with E-state index >= 15 is 0 Å². The largest absolute Gasteiger partial charge is 0.382 e. The van der Waals surface area contributed by atoms with E-state index in [1.807, 2.05) is 4.57 Å². The quantitative estimate of drug-likeness (QED) is 0.382. The number of rotatable bonds is 6. The smallest absolute Gasteiger partial charge is 0.185 e. The Kier molecular flexibility index (Phi) is 4.82. The number of hydrogen-bond acceptors (Lipinski definition) is 7. The maximum Gasteiger partial charge on any atom is 0.185 e. The van der Waals surface area contributed by atoms with E-state index in [0.29, 0.717) is 23.5 Å². The zero-order valence-electron chi connectivity index (χ0n) is 12.6. The Bertz CT molecular complexity index is 698. The van der Waals surface area contributed by atoms with Gasteiger partial charge in [0.15, 0.2) is 17.4 Å². The number of thioether (sulfide) groups is 1. The molecule has 1 saturated heterocycles. The molecule has 1 aliphatic heterocycles. The van der Waals surface area contributed by atoms with Crippen LogP contribution in [0.15, 0.2) is 17.6 Å². The van der Waals surface area contributed by atoms with Crippen LogP contribution in [0, 0.1) is 0 Å². The molecule has 23 heavy (non-hydrogen) atoms. The molecule has 2 aromatic rings. The van der Waals surface area contributed by atoms with E-state index in [-0.39, 0.29) is 18.3 Å². The molecule has 3 heterocycles. The number of guanidine groups is 1. The second-order valence-corrected chi connectivity index (χ2v) is 6.40. The van der Waals surface area contributed by atoms with E-state index in [0.717, 1.165) is 24.3 Å². The van der Waals surface area contributed by atoms with Crippen molar-refractivity contribution >= 4 is 34.7 Å². The highest BCUT2D eigenvalue weighted by molar-refractivity contribution is 7.99. The third-order valence-corrected chi connectivity index (χ3v) is 4.69. The summed E-state index contributed by atoms with van der Waals surface area (Å²) in [7, 11) is 0. The predicted octanol–water partition coefficient (Wildman–Crippen LogP) is 0.0927. The third-order valence-electron chi connectivity index (χ3n) is 3.62. The Hall–Kier alpha value is -2.07. The summed E-state index contributed by atoms with van der Waals surface area (Å²) < 4.78 is 8.03. The number of aromatic nitrogens is 4. The molecule has 3 rings (SSSR count). The number of ether oxygens (including phenoxy) is 1. The van der Waals surface area contributed by atoms with Crippen LogP contribution in [0.2, 0.25) is 0 Å². The van der Waals surface area contributed by atoms with Gasteiger partial charge in [0.1, 0.15) is 18.1 Å². The highest BCUT2D eigenvalue weighted by Crippen LogP contribution is 2.32. The van der Waals surface area contributed by atoms with Crippen LogP contribution in [0.5, 0.6) is 0 Å². The van der Waals surface area contributed by atoms with Gasteiger partial charge in [-0.05, 0) is 12.8 Å². The lowest BCUT2D eigenvalue weighted by Gasteiger charge is -2.15. The second kappa shape index (κ2) is 7.01. The summed E-state index contributed by atoms with van der Waals surface area (Å²) in [4.78, 5) is 16.5. The topological polar surface area (TPSA) is 143 Å². The molecule has 2 atom stereocenters. The minimum Gasteiger partial charge on any atom is -0.382 e. The highest BCUT2D eigenvalue weighted by Gasteiger charge is 2.28. The van der Waals surface area contributed by atoms with Crippen molar-refractivity contribution in [1.82, 2.24) is 19.5 Å². The molecule has 2 aromatic heterocycles. The zero-order valence-corrected chi connectivity index (χ0v) is 13.4. The second-order valence-electron chi connectivity index (χ2n) is 5.25. The summed E-state index contributed by atoms with van der Waals surface area (Å²) in [6.45, 7) is 0.630. The maximum absolute atomic E-state index is 6.10. The molecule has 0 bridgehead atoms. The van der Waals surface area contributed by atoms with E-state index in [1.54, 1.807) is 18.1 Å². The molecule has 124 valence electrons. The number of anilines is 1. The summed E-state index contributed by atoms with van der Waals surface area (Å²) in [5.41, 5.74) is 17.7. The summed E-state index contributed by atoms with van der Waals surface area (Å²) in [5, 5.41) is 0. The number of fused-ring (bicyclic) bond motifs is 1. The number of hydrogen-bond donors (Lipinski definition) is 3. The molecule has 0 amide bonds. The molecule has 0 unspecified atom stereocenters. The molecule has 6 N–H and O–H groups in total. The third kappa shape index (κ3) is 3.64. The number of nitrogen functional groups attached to an aromatic ring is 1. The fourth-order valence-electron chi connectivity index (χ4n) is 2.55. The molecular formula is C13H20N8OS. The van der Waals surface area contributed by atoms with Gasteiger partial charge in [0.25, 0.3) is 0 Å². The lowest BCUT2D eigenvalue weighted by Crippen LogP contribution is -2.23. The van der Waals surface area contributed by atoms with E-state index in [1.165, 1.54) is 6.33 Å². The van der Waals surface area contributed by atoms with Crippen LogP contribution in [0.1, 0.15) is 19.1 Å². The van der Waals surface area contributed by atoms with Crippen molar-refractivity contribution in [3.63, 3.8) is 0 Å². The van der Waals surface area contributed by atoms with Crippen LogP contribution in [-0.2, 0) is 4.74 Å². The molecule has 9 nitrogen and oxygen atoms in total. The normalized spacial score (nSPS) is 20.9. The summed E-state index contributed by atoms with van der Waals surface area (Å²) >= 11 is 1.78. The Morgan fingerprint density at radius 2 is 2.22 bits per heavy atom.